The van der Waals surface area contributed by atoms with E-state index in [4.69, 9.17) is 0 Å². The predicted molar refractivity (Wildman–Crippen MR) is 28.3 cm³/mol. The van der Waals surface area contributed by atoms with Gasteiger partial charge in [0.05, 0.1) is 0 Å². The van der Waals surface area contributed by atoms with Crippen LogP contribution in [0.15, 0.2) is 0 Å². The molecule has 0 aromatic rings. The Hall–Kier alpha value is -0.00519. The molecule has 0 spiro atoms. The summed E-state index contributed by atoms with van der Waals surface area (Å²) in [6.07, 6.45) is 0. The molecule has 0 aliphatic heterocycles. The molecule has 10 heavy (non-hydrogen) atoms. The van der Waals surface area contributed by atoms with Crippen molar-refractivity contribution in [2.75, 3.05) is 0 Å². The molecule has 0 saturated carbocycles. The Morgan fingerprint density at radius 2 is 1.70 bits per heavy atom. The Balaban J connectivity index is 3.58. The van der Waals surface area contributed by atoms with Crippen molar-refractivity contribution < 1.29 is 24.3 Å². The predicted octanol–water partition coefficient (Wildman–Crippen LogP) is -2.08. The quantitative estimate of drug-likeness (QED) is 0.427. The second-order valence-electron chi connectivity index (χ2n) is 0.986. The van der Waals surface area contributed by atoms with Gasteiger partial charge in [0.15, 0.2) is 0 Å². The molecule has 6 nitrogen and oxygen atoms in total. The van der Waals surface area contributed by atoms with Crippen molar-refractivity contribution in [3.8, 4) is 0 Å². The molecular formula is Al2B2O6. The van der Waals surface area contributed by atoms with E-state index in [9.17, 15) is 12.3 Å². The van der Waals surface area contributed by atoms with Crippen molar-refractivity contribution in [2.45, 2.75) is 0 Å². The summed E-state index contributed by atoms with van der Waals surface area (Å²) in [5, 5.41) is 0. The summed E-state index contributed by atoms with van der Waals surface area (Å²) in [6.45, 7) is 0. The summed E-state index contributed by atoms with van der Waals surface area (Å²) in [5.74, 6) is 0. The van der Waals surface area contributed by atoms with Gasteiger partial charge in [-0.05, 0) is 0 Å². The van der Waals surface area contributed by atoms with Crippen molar-refractivity contribution in [1.29, 1.82) is 0 Å². The molecule has 0 amide bonds. The minimum atomic E-state index is -1.54. The summed E-state index contributed by atoms with van der Waals surface area (Å²) in [4.78, 5) is 0. The van der Waals surface area contributed by atoms with Crippen LogP contribution in [0.2, 0.25) is 0 Å². The van der Waals surface area contributed by atoms with E-state index in [1.807, 2.05) is 0 Å². The van der Waals surface area contributed by atoms with E-state index in [1.165, 1.54) is 0 Å². The van der Waals surface area contributed by atoms with E-state index in [-0.39, 0.29) is 7.35 Å². The topological polar surface area (TPSA) is 78.9 Å². The van der Waals surface area contributed by atoms with Crippen LogP contribution in [0.5, 0.6) is 0 Å². The van der Waals surface area contributed by atoms with Crippen LogP contribution in [-0.4, -0.2) is 45.6 Å². The monoisotopic (exact) mass is 172 g/mol. The van der Waals surface area contributed by atoms with Crippen molar-refractivity contribution in [2.24, 2.45) is 0 Å². The van der Waals surface area contributed by atoms with Crippen LogP contribution >= 0.6 is 0 Å². The zero-order valence-corrected chi connectivity index (χ0v) is 7.07. The fraction of sp³-hybridized carbons (Fsp3) is 0. The zero-order chi connectivity index (χ0) is 7.82. The molecule has 0 unspecified atom stereocenters. The van der Waals surface area contributed by atoms with Crippen molar-refractivity contribution >= 4 is 45.6 Å². The summed E-state index contributed by atoms with van der Waals surface area (Å²) in [7, 11) is -1.34. The molecular weight excluding hydrogens is 172 g/mol. The van der Waals surface area contributed by atoms with E-state index in [1.54, 1.807) is 0 Å². The van der Waals surface area contributed by atoms with Gasteiger partial charge in [0.1, 0.15) is 0 Å². The van der Waals surface area contributed by atoms with Crippen molar-refractivity contribution in [1.82, 2.24) is 0 Å². The molecule has 0 bridgehead atoms. The normalized spacial score (nSPS) is 6.00. The summed E-state index contributed by atoms with van der Waals surface area (Å²) in [6, 6.07) is 0. The summed E-state index contributed by atoms with van der Waals surface area (Å²) in [5.41, 5.74) is 0. The van der Waals surface area contributed by atoms with Crippen LogP contribution in [0, 0.1) is 0 Å². The molecule has 0 heterocycles. The van der Waals surface area contributed by atoms with Gasteiger partial charge in [0, 0.05) is 0 Å². The first-order chi connectivity index (χ1) is 4.85. The number of hydrogen-bond acceptors (Lipinski definition) is 6. The molecule has 0 fully saturated rings. The average Bonchev–Trinajstić information content (AvgIpc) is 1.90. The van der Waals surface area contributed by atoms with E-state index in [0.29, 0.717) is 0 Å². The van der Waals surface area contributed by atoms with Crippen LogP contribution in [0.25, 0.3) is 0 Å². The average molecular weight is 172 g/mol. The first-order valence-corrected chi connectivity index (χ1v) is 4.01. The van der Waals surface area contributed by atoms with Crippen LogP contribution in [0.4, 0.5) is 0 Å². The first-order valence-electron chi connectivity index (χ1n) is 2.12. The van der Waals surface area contributed by atoms with Gasteiger partial charge in [-0.2, -0.15) is 0 Å². The number of hydrogen-bond donors (Lipinski definition) is 0. The first kappa shape index (κ1) is 9.99. The second kappa shape index (κ2) is 7.11. The van der Waals surface area contributed by atoms with E-state index in [0.717, 1.165) is 0 Å². The molecule has 48 valence electrons. The Morgan fingerprint density at radius 3 is 2.00 bits per heavy atom. The molecule has 0 aromatic heterocycles. The maximum atomic E-state index is 9.78. The molecule has 0 N–H and O–H groups in total. The van der Waals surface area contributed by atoms with Gasteiger partial charge < -0.3 is 0 Å². The van der Waals surface area contributed by atoms with Crippen LogP contribution in [0.1, 0.15) is 0 Å². The standard InChI is InChI=1S/2Al.B2O4.2O/c;;3-1-6-2(4)5;;/q2*+1;-2;;. The second-order valence-corrected chi connectivity index (χ2v) is 1.91. The third-order valence-electron chi connectivity index (χ3n) is 0.500. The van der Waals surface area contributed by atoms with E-state index >= 15 is 0 Å². The van der Waals surface area contributed by atoms with Gasteiger partial charge in [-0.3, -0.25) is 0 Å². The van der Waals surface area contributed by atoms with E-state index < -0.39 is 38.3 Å². The van der Waals surface area contributed by atoms with Crippen LogP contribution < -0.4 is 0 Å². The molecule has 0 atom stereocenters. The molecule has 0 aliphatic carbocycles. The third-order valence-corrected chi connectivity index (χ3v) is 1.17. The molecule has 10 heteroatoms. The summed E-state index contributed by atoms with van der Waals surface area (Å²) >= 11 is -3.09. The Labute approximate surface area is 70.2 Å². The fourth-order valence-electron chi connectivity index (χ4n) is 0.232. The zero-order valence-electron chi connectivity index (χ0n) is 4.76. The van der Waals surface area contributed by atoms with Gasteiger partial charge in [0.2, 0.25) is 0 Å². The van der Waals surface area contributed by atoms with Crippen LogP contribution in [-0.2, 0) is 24.3 Å². The van der Waals surface area contributed by atoms with Gasteiger partial charge >= 0.3 is 69.9 Å². The Morgan fingerprint density at radius 1 is 1.20 bits per heavy atom. The number of rotatable bonds is 6. The van der Waals surface area contributed by atoms with Gasteiger partial charge in [-0.15, -0.1) is 0 Å². The molecule has 0 aromatic carbocycles. The molecule has 0 saturated heterocycles. The summed E-state index contributed by atoms with van der Waals surface area (Å²) < 4.78 is 41.6. The van der Waals surface area contributed by atoms with Crippen molar-refractivity contribution in [3.05, 3.63) is 0 Å². The molecule has 0 radical (unpaired) electrons. The third kappa shape index (κ3) is 4.83. The van der Waals surface area contributed by atoms with Gasteiger partial charge in [-0.25, -0.2) is 0 Å². The molecule has 0 rings (SSSR count). The van der Waals surface area contributed by atoms with E-state index in [2.05, 4.69) is 12.0 Å². The molecule has 0 aliphatic rings. The Kier molecular flexibility index (Phi) is 7.10. The maximum absolute atomic E-state index is 9.78. The SMILES string of the molecule is O=BOB([O][Al]=[O])[O][Al]=[O]. The van der Waals surface area contributed by atoms with Gasteiger partial charge in [0.25, 0.3) is 0 Å². The Bertz CT molecular complexity index is 101. The van der Waals surface area contributed by atoms with Gasteiger partial charge in [-0.1, -0.05) is 0 Å². The van der Waals surface area contributed by atoms with Crippen LogP contribution in [0.3, 0.4) is 0 Å². The van der Waals surface area contributed by atoms with Crippen molar-refractivity contribution in [3.63, 3.8) is 0 Å². The minimum absolute atomic E-state index is 0.0505. The fourth-order valence-corrected chi connectivity index (χ4v) is 0.799.